The predicted molar refractivity (Wildman–Crippen MR) is 158 cm³/mol. The Morgan fingerprint density at radius 2 is 1.56 bits per heavy atom. The quantitative estimate of drug-likeness (QED) is 0.0782. The number of anilines is 3. The molecular formula is C25H29N7O9S2. The van der Waals surface area contributed by atoms with Gasteiger partial charge in [0.2, 0.25) is 0 Å². The monoisotopic (exact) mass is 635 g/mol. The van der Waals surface area contributed by atoms with Gasteiger partial charge in [0.15, 0.2) is 9.84 Å². The van der Waals surface area contributed by atoms with E-state index < -0.39 is 43.1 Å². The minimum atomic E-state index is -4.88. The van der Waals surface area contributed by atoms with Crippen LogP contribution < -0.4 is 21.5 Å². The zero-order valence-corrected chi connectivity index (χ0v) is 24.6. The standard InChI is InChI=1S/C25H29N7O9S2/c1-40-20-13-15(28-9-11-42(35,36)12-10-33)7-8-18(20)30-31-19-14-21(43(37,38)39)23(27)24(22(19)26)32-29-17-6-4-3-5-16(17)25(34)41-2/h3-8,13-14,28,33H,9-12,26-27H2,1-2H3,(H,37,38,39). The number of hydrogen-bond acceptors (Lipinski definition) is 15. The molecule has 0 bridgehead atoms. The minimum absolute atomic E-state index is 0.0635. The van der Waals surface area contributed by atoms with Gasteiger partial charge in [0, 0.05) is 18.3 Å². The third-order valence-corrected chi connectivity index (χ3v) is 8.28. The number of methoxy groups -OCH3 is 2. The van der Waals surface area contributed by atoms with E-state index in [-0.39, 0.29) is 57.8 Å². The number of hydrogen-bond donors (Lipinski definition) is 5. The molecule has 43 heavy (non-hydrogen) atoms. The average Bonchev–Trinajstić information content (AvgIpc) is 2.96. The van der Waals surface area contributed by atoms with E-state index in [1.54, 1.807) is 18.2 Å². The molecule has 0 saturated heterocycles. The van der Waals surface area contributed by atoms with Gasteiger partial charge >= 0.3 is 5.97 Å². The van der Waals surface area contributed by atoms with E-state index in [2.05, 4.69) is 25.8 Å². The van der Waals surface area contributed by atoms with Crippen molar-refractivity contribution in [2.45, 2.75) is 4.90 Å². The van der Waals surface area contributed by atoms with Crippen molar-refractivity contribution in [3.8, 4) is 5.75 Å². The Bertz CT molecular complexity index is 1780. The first kappa shape index (κ1) is 32.9. The number of azo groups is 2. The highest BCUT2D eigenvalue weighted by Gasteiger charge is 2.23. The Labute approximate surface area is 247 Å². The molecule has 0 aliphatic rings. The number of nitrogens with one attached hydrogen (secondary N) is 1. The van der Waals surface area contributed by atoms with Crippen molar-refractivity contribution in [3.63, 3.8) is 0 Å². The van der Waals surface area contributed by atoms with E-state index in [1.165, 1.54) is 38.5 Å². The lowest BCUT2D eigenvalue weighted by Crippen LogP contribution is -2.20. The molecule has 3 aromatic carbocycles. The molecule has 230 valence electrons. The van der Waals surface area contributed by atoms with Crippen molar-refractivity contribution in [2.75, 3.05) is 55.7 Å². The van der Waals surface area contributed by atoms with Gasteiger partial charge in [-0.05, 0) is 30.3 Å². The first-order chi connectivity index (χ1) is 20.3. The molecule has 0 spiro atoms. The maximum atomic E-state index is 12.1. The topological polar surface area (TPSA) is 258 Å². The second kappa shape index (κ2) is 14.0. The van der Waals surface area contributed by atoms with Crippen LogP contribution in [0.1, 0.15) is 10.4 Å². The van der Waals surface area contributed by atoms with Crippen molar-refractivity contribution in [1.29, 1.82) is 0 Å². The molecule has 7 N–H and O–H groups in total. The van der Waals surface area contributed by atoms with Crippen LogP contribution >= 0.6 is 0 Å². The normalized spacial score (nSPS) is 12.1. The van der Waals surface area contributed by atoms with E-state index in [0.717, 1.165) is 6.07 Å². The number of aliphatic hydroxyl groups excluding tert-OH is 1. The van der Waals surface area contributed by atoms with Crippen LogP contribution in [-0.4, -0.2) is 71.3 Å². The lowest BCUT2D eigenvalue weighted by atomic mass is 10.2. The van der Waals surface area contributed by atoms with Gasteiger partial charge in [0.1, 0.15) is 33.4 Å². The molecule has 0 fully saturated rings. The van der Waals surface area contributed by atoms with Crippen molar-refractivity contribution in [1.82, 2.24) is 0 Å². The third-order valence-electron chi connectivity index (χ3n) is 5.75. The molecule has 18 heteroatoms. The van der Waals surface area contributed by atoms with Gasteiger partial charge < -0.3 is 31.4 Å². The Morgan fingerprint density at radius 1 is 0.884 bits per heavy atom. The Hall–Kier alpha value is -4.65. The third kappa shape index (κ3) is 8.44. The maximum absolute atomic E-state index is 12.1. The molecular weight excluding hydrogens is 606 g/mol. The molecule has 0 aliphatic heterocycles. The molecule has 0 aliphatic carbocycles. The molecule has 16 nitrogen and oxygen atoms in total. The van der Waals surface area contributed by atoms with Gasteiger partial charge in [-0.15, -0.1) is 20.5 Å². The molecule has 0 unspecified atom stereocenters. The van der Waals surface area contributed by atoms with Gasteiger partial charge in [0.05, 0.1) is 49.3 Å². The van der Waals surface area contributed by atoms with Crippen molar-refractivity contribution < 1.29 is 40.8 Å². The molecule has 0 amide bonds. The number of aliphatic hydroxyl groups is 1. The fraction of sp³-hybridized carbons (Fsp3) is 0.240. The van der Waals surface area contributed by atoms with Crippen molar-refractivity contribution in [2.24, 2.45) is 20.5 Å². The number of nitrogen functional groups attached to an aromatic ring is 2. The number of benzene rings is 3. The van der Waals surface area contributed by atoms with E-state index >= 15 is 0 Å². The van der Waals surface area contributed by atoms with Crippen molar-refractivity contribution in [3.05, 3.63) is 54.1 Å². The summed E-state index contributed by atoms with van der Waals surface area (Å²) in [6.45, 7) is -0.387. The number of carbonyl (C=O) groups is 1. The summed E-state index contributed by atoms with van der Waals surface area (Å²) in [5.41, 5.74) is 11.6. The van der Waals surface area contributed by atoms with E-state index in [4.69, 9.17) is 26.0 Å². The molecule has 3 rings (SSSR count). The Kier molecular flexibility index (Phi) is 10.7. The lowest BCUT2D eigenvalue weighted by molar-refractivity contribution is 0.0601. The number of sulfone groups is 1. The van der Waals surface area contributed by atoms with E-state index in [1.807, 2.05) is 0 Å². The number of carbonyl (C=O) groups excluding carboxylic acids is 1. The van der Waals surface area contributed by atoms with Gasteiger partial charge in [-0.3, -0.25) is 4.55 Å². The fourth-order valence-electron chi connectivity index (χ4n) is 3.58. The summed E-state index contributed by atoms with van der Waals surface area (Å²) < 4.78 is 67.5. The second-order valence-electron chi connectivity index (χ2n) is 8.64. The zero-order valence-electron chi connectivity index (χ0n) is 23.0. The number of nitrogens with two attached hydrogens (primary N) is 2. The number of rotatable bonds is 13. The molecule has 0 radical (unpaired) electrons. The summed E-state index contributed by atoms with van der Waals surface area (Å²) in [6.07, 6.45) is 0. The summed E-state index contributed by atoms with van der Waals surface area (Å²) in [7, 11) is -5.74. The fourth-order valence-corrected chi connectivity index (χ4v) is 5.11. The van der Waals surface area contributed by atoms with Crippen LogP contribution in [-0.2, 0) is 24.7 Å². The van der Waals surface area contributed by atoms with Crippen LogP contribution in [0.2, 0.25) is 0 Å². The maximum Gasteiger partial charge on any atom is 0.340 e. The van der Waals surface area contributed by atoms with Gasteiger partial charge in [0.25, 0.3) is 10.1 Å². The van der Waals surface area contributed by atoms with Crippen LogP contribution in [0.4, 0.5) is 39.8 Å². The SMILES string of the molecule is COC(=O)c1ccccc1N=Nc1c(N)c(N=Nc2ccc(NCCS(=O)(=O)CCO)cc2OC)cc(S(=O)(=O)O)c1N. The summed E-state index contributed by atoms with van der Waals surface area (Å²) in [4.78, 5) is 11.3. The summed E-state index contributed by atoms with van der Waals surface area (Å²) in [5.74, 6) is -1.01. The summed E-state index contributed by atoms with van der Waals surface area (Å²) in [5, 5.41) is 27.8. The molecule has 0 heterocycles. The molecule has 3 aromatic rings. The lowest BCUT2D eigenvalue weighted by Gasteiger charge is -2.11. The van der Waals surface area contributed by atoms with Crippen LogP contribution in [0.25, 0.3) is 0 Å². The van der Waals surface area contributed by atoms with Crippen molar-refractivity contribution >= 4 is 65.7 Å². The summed E-state index contributed by atoms with van der Waals surface area (Å²) >= 11 is 0. The van der Waals surface area contributed by atoms with Crippen LogP contribution in [0.15, 0.2) is 73.9 Å². The highest BCUT2D eigenvalue weighted by molar-refractivity contribution is 7.91. The first-order valence-electron chi connectivity index (χ1n) is 12.2. The number of ether oxygens (including phenoxy) is 2. The van der Waals surface area contributed by atoms with Gasteiger partial charge in [-0.1, -0.05) is 12.1 Å². The Balaban J connectivity index is 1.99. The van der Waals surface area contributed by atoms with Crippen LogP contribution in [0.5, 0.6) is 5.75 Å². The summed E-state index contributed by atoms with van der Waals surface area (Å²) in [6, 6.07) is 11.5. The molecule has 0 saturated carbocycles. The van der Waals surface area contributed by atoms with Gasteiger partial charge in [-0.2, -0.15) is 8.42 Å². The van der Waals surface area contributed by atoms with E-state index in [9.17, 15) is 26.2 Å². The predicted octanol–water partition coefficient (Wildman–Crippen LogP) is 3.54. The highest BCUT2D eigenvalue weighted by atomic mass is 32.2. The van der Waals surface area contributed by atoms with E-state index in [0.29, 0.717) is 5.69 Å². The highest BCUT2D eigenvalue weighted by Crippen LogP contribution is 2.43. The second-order valence-corrected chi connectivity index (χ2v) is 12.3. The minimum Gasteiger partial charge on any atom is -0.494 e. The first-order valence-corrected chi connectivity index (χ1v) is 15.5. The number of nitrogens with zero attached hydrogens (tertiary/aromatic N) is 4. The number of esters is 1. The van der Waals surface area contributed by atoms with Crippen LogP contribution in [0.3, 0.4) is 0 Å². The zero-order chi connectivity index (χ0) is 31.8. The molecule has 0 atom stereocenters. The largest absolute Gasteiger partial charge is 0.494 e. The average molecular weight is 636 g/mol. The van der Waals surface area contributed by atoms with Crippen LogP contribution in [0, 0.1) is 0 Å². The molecule has 0 aromatic heterocycles. The van der Waals surface area contributed by atoms with Gasteiger partial charge in [-0.25, -0.2) is 13.2 Å². The Morgan fingerprint density at radius 3 is 2.21 bits per heavy atom. The smallest absolute Gasteiger partial charge is 0.340 e.